The van der Waals surface area contributed by atoms with E-state index < -0.39 is 0 Å². The third kappa shape index (κ3) is 3.73. The fourth-order valence-corrected chi connectivity index (χ4v) is 9.82. The first-order valence-electron chi connectivity index (χ1n) is 13.0. The van der Waals surface area contributed by atoms with Crippen LogP contribution in [0.3, 0.4) is 0 Å². The number of aliphatic hydroxyl groups excluding tert-OH is 1. The van der Waals surface area contributed by atoms with E-state index in [1.165, 1.54) is 57.8 Å². The molecule has 0 radical (unpaired) electrons. The Morgan fingerprint density at radius 1 is 0.931 bits per heavy atom. The summed E-state index contributed by atoms with van der Waals surface area (Å²) in [5.41, 5.74) is 0.823. The van der Waals surface area contributed by atoms with Crippen molar-refractivity contribution in [3.63, 3.8) is 0 Å². The summed E-state index contributed by atoms with van der Waals surface area (Å²) >= 11 is 7.03. The lowest BCUT2D eigenvalue weighted by atomic mass is 9.44. The van der Waals surface area contributed by atoms with E-state index in [2.05, 4.69) is 34.6 Å². The SMILES string of the molecule is CC(C)CCC[C@@H](C)[C@H]1CC[C@H]2[C@@H]3CCC4C[C@H](O)CC(Cl)[C@@]4(C)[C@H]3CC[C@]12C. The minimum Gasteiger partial charge on any atom is -0.393 e. The van der Waals surface area contributed by atoms with Gasteiger partial charge in [-0.05, 0) is 104 Å². The van der Waals surface area contributed by atoms with Gasteiger partial charge in [-0.25, -0.2) is 0 Å². The molecule has 0 saturated heterocycles. The molecule has 0 aromatic rings. The van der Waals surface area contributed by atoms with Crippen molar-refractivity contribution in [3.05, 3.63) is 0 Å². The number of halogens is 1. The van der Waals surface area contributed by atoms with E-state index in [9.17, 15) is 5.11 Å². The topological polar surface area (TPSA) is 20.2 Å². The smallest absolute Gasteiger partial charge is 0.0557 e. The molecule has 4 rings (SSSR count). The van der Waals surface area contributed by atoms with E-state index in [-0.39, 0.29) is 16.9 Å². The van der Waals surface area contributed by atoms with Gasteiger partial charge < -0.3 is 5.11 Å². The van der Waals surface area contributed by atoms with Gasteiger partial charge in [-0.1, -0.05) is 53.9 Å². The van der Waals surface area contributed by atoms with Crippen LogP contribution in [0.5, 0.6) is 0 Å². The Bertz CT molecular complexity index is 575. The summed E-state index contributed by atoms with van der Waals surface area (Å²) in [6.07, 6.45) is 14.3. The van der Waals surface area contributed by atoms with Crippen LogP contribution in [0.4, 0.5) is 0 Å². The van der Waals surface area contributed by atoms with Crippen molar-refractivity contribution in [2.45, 2.75) is 117 Å². The molecule has 2 unspecified atom stereocenters. The lowest BCUT2D eigenvalue weighted by molar-refractivity contribution is -0.126. The van der Waals surface area contributed by atoms with Gasteiger partial charge >= 0.3 is 0 Å². The largest absolute Gasteiger partial charge is 0.393 e. The van der Waals surface area contributed by atoms with Crippen LogP contribution in [0, 0.1) is 52.3 Å². The number of hydrogen-bond donors (Lipinski definition) is 1. The summed E-state index contributed by atoms with van der Waals surface area (Å²) in [6.45, 7) is 12.5. The van der Waals surface area contributed by atoms with Crippen LogP contribution in [-0.2, 0) is 0 Å². The van der Waals surface area contributed by atoms with Crippen molar-refractivity contribution < 1.29 is 5.11 Å². The van der Waals surface area contributed by atoms with E-state index in [0.717, 1.165) is 48.3 Å². The molecule has 0 amide bonds. The average molecular weight is 423 g/mol. The van der Waals surface area contributed by atoms with Crippen molar-refractivity contribution in [1.82, 2.24) is 0 Å². The first-order chi connectivity index (χ1) is 13.7. The van der Waals surface area contributed by atoms with Crippen molar-refractivity contribution >= 4 is 11.6 Å². The minimum atomic E-state index is -0.163. The first-order valence-corrected chi connectivity index (χ1v) is 13.4. The monoisotopic (exact) mass is 422 g/mol. The Morgan fingerprint density at radius 3 is 2.41 bits per heavy atom. The lowest BCUT2D eigenvalue weighted by Gasteiger charge is -2.62. The van der Waals surface area contributed by atoms with Crippen LogP contribution >= 0.6 is 11.6 Å². The summed E-state index contributed by atoms with van der Waals surface area (Å²) in [4.78, 5) is 0. The second-order valence-electron chi connectivity index (χ2n) is 12.6. The van der Waals surface area contributed by atoms with Crippen LogP contribution in [0.25, 0.3) is 0 Å². The maximum Gasteiger partial charge on any atom is 0.0557 e. The Kier molecular flexibility index (Phi) is 6.43. The molecule has 10 atom stereocenters. The predicted octanol–water partition coefficient (Wildman–Crippen LogP) is 7.69. The highest BCUT2D eigenvalue weighted by Crippen LogP contribution is 2.68. The van der Waals surface area contributed by atoms with Crippen LogP contribution in [0.15, 0.2) is 0 Å². The third-order valence-corrected chi connectivity index (χ3v) is 11.5. The predicted molar refractivity (Wildman–Crippen MR) is 124 cm³/mol. The molecule has 4 saturated carbocycles. The maximum absolute atomic E-state index is 10.3. The van der Waals surface area contributed by atoms with Gasteiger partial charge in [-0.15, -0.1) is 11.6 Å². The molecule has 2 heteroatoms. The van der Waals surface area contributed by atoms with Gasteiger partial charge in [0, 0.05) is 5.38 Å². The van der Waals surface area contributed by atoms with Crippen LogP contribution in [-0.4, -0.2) is 16.6 Å². The fourth-order valence-electron chi connectivity index (χ4n) is 9.27. The molecule has 1 nitrogen and oxygen atoms in total. The van der Waals surface area contributed by atoms with Crippen molar-refractivity contribution in [2.75, 3.05) is 0 Å². The highest BCUT2D eigenvalue weighted by Gasteiger charge is 2.62. The molecule has 4 aliphatic carbocycles. The minimum absolute atomic E-state index is 0.163. The summed E-state index contributed by atoms with van der Waals surface area (Å²) in [5, 5.41) is 10.5. The standard InChI is InChI=1S/C27H47ClO/c1-17(2)7-6-8-18(3)22-11-12-23-21-10-9-19-15-20(29)16-25(28)27(19,5)24(21)13-14-26(22,23)4/h17-25,29H,6-16H2,1-5H3/t18-,19?,20+,21+,22-,23+,24+,25?,26-,27-/m1/s1. The Hall–Kier alpha value is 0.250. The Morgan fingerprint density at radius 2 is 1.69 bits per heavy atom. The normalized spacial score (nSPS) is 50.7. The molecule has 4 fully saturated rings. The second-order valence-corrected chi connectivity index (χ2v) is 13.2. The molecular formula is C27H47ClO. The quantitative estimate of drug-likeness (QED) is 0.450. The van der Waals surface area contributed by atoms with Gasteiger partial charge in [0.2, 0.25) is 0 Å². The van der Waals surface area contributed by atoms with Crippen molar-refractivity contribution in [1.29, 1.82) is 0 Å². The molecule has 0 spiro atoms. The van der Waals surface area contributed by atoms with Crippen molar-refractivity contribution in [3.8, 4) is 0 Å². The van der Waals surface area contributed by atoms with Gasteiger partial charge in [-0.2, -0.15) is 0 Å². The summed E-state index contributed by atoms with van der Waals surface area (Å²) in [5.74, 6) is 5.92. The number of rotatable bonds is 5. The molecule has 0 aromatic carbocycles. The van der Waals surface area contributed by atoms with Crippen molar-refractivity contribution in [2.24, 2.45) is 52.3 Å². The molecular weight excluding hydrogens is 376 g/mol. The molecule has 29 heavy (non-hydrogen) atoms. The van der Waals surface area contributed by atoms with E-state index >= 15 is 0 Å². The second kappa shape index (κ2) is 8.31. The lowest BCUT2D eigenvalue weighted by Crippen LogP contribution is -2.58. The highest BCUT2D eigenvalue weighted by atomic mass is 35.5. The molecule has 0 bridgehead atoms. The molecule has 4 aliphatic rings. The van der Waals surface area contributed by atoms with Crippen LogP contribution < -0.4 is 0 Å². The first kappa shape index (κ1) is 22.4. The molecule has 0 heterocycles. The van der Waals surface area contributed by atoms with E-state index in [1.54, 1.807) is 0 Å². The maximum atomic E-state index is 10.3. The Labute approximate surface area is 185 Å². The zero-order valence-corrected chi connectivity index (χ0v) is 20.6. The molecule has 0 aromatic heterocycles. The molecule has 168 valence electrons. The van der Waals surface area contributed by atoms with Crippen LogP contribution in [0.2, 0.25) is 0 Å². The van der Waals surface area contributed by atoms with Gasteiger partial charge in [0.05, 0.1) is 6.10 Å². The number of aliphatic hydroxyl groups is 1. The Balaban J connectivity index is 1.49. The number of hydrogen-bond acceptors (Lipinski definition) is 1. The van der Waals surface area contributed by atoms with E-state index in [1.807, 2.05) is 0 Å². The van der Waals surface area contributed by atoms with Gasteiger partial charge in [0.15, 0.2) is 0 Å². The summed E-state index contributed by atoms with van der Waals surface area (Å²) in [6, 6.07) is 0. The van der Waals surface area contributed by atoms with Gasteiger partial charge in [0.1, 0.15) is 0 Å². The van der Waals surface area contributed by atoms with E-state index in [0.29, 0.717) is 11.3 Å². The summed E-state index contributed by atoms with van der Waals surface area (Å²) < 4.78 is 0. The number of fused-ring (bicyclic) bond motifs is 5. The average Bonchev–Trinajstić information content (AvgIpc) is 3.00. The number of alkyl halides is 1. The van der Waals surface area contributed by atoms with E-state index in [4.69, 9.17) is 11.6 Å². The molecule has 1 N–H and O–H groups in total. The molecule has 0 aliphatic heterocycles. The van der Waals surface area contributed by atoms with Crippen LogP contribution in [0.1, 0.15) is 105 Å². The zero-order chi connectivity index (χ0) is 21.0. The fraction of sp³-hybridized carbons (Fsp3) is 1.00. The third-order valence-electron chi connectivity index (χ3n) is 10.9. The van der Waals surface area contributed by atoms with Gasteiger partial charge in [0.25, 0.3) is 0 Å². The summed E-state index contributed by atoms with van der Waals surface area (Å²) in [7, 11) is 0. The zero-order valence-electron chi connectivity index (χ0n) is 19.8. The van der Waals surface area contributed by atoms with Gasteiger partial charge in [-0.3, -0.25) is 0 Å². The highest BCUT2D eigenvalue weighted by molar-refractivity contribution is 6.21.